The molecule has 21 heavy (non-hydrogen) atoms. The van der Waals surface area contributed by atoms with E-state index in [9.17, 15) is 4.79 Å². The van der Waals surface area contributed by atoms with Crippen molar-refractivity contribution in [3.8, 4) is 0 Å². The Bertz CT molecular complexity index is 497. The number of halogens is 2. The zero-order chi connectivity index (χ0) is 15.6. The van der Waals surface area contributed by atoms with Crippen LogP contribution >= 0.6 is 23.2 Å². The van der Waals surface area contributed by atoms with Gasteiger partial charge in [-0.2, -0.15) is 0 Å². The van der Waals surface area contributed by atoms with Gasteiger partial charge in [-0.15, -0.1) is 0 Å². The molecule has 116 valence electrons. The Morgan fingerprint density at radius 2 is 1.67 bits per heavy atom. The second-order valence-electron chi connectivity index (χ2n) is 6.44. The van der Waals surface area contributed by atoms with Gasteiger partial charge in [0, 0.05) is 23.1 Å². The second kappa shape index (κ2) is 6.45. The van der Waals surface area contributed by atoms with Crippen LogP contribution in [0.4, 0.5) is 4.79 Å². The van der Waals surface area contributed by atoms with Crippen LogP contribution in [-0.4, -0.2) is 29.7 Å². The summed E-state index contributed by atoms with van der Waals surface area (Å²) in [7, 11) is 0. The van der Waals surface area contributed by atoms with Gasteiger partial charge in [-0.1, -0.05) is 23.2 Å². The van der Waals surface area contributed by atoms with Gasteiger partial charge in [0.1, 0.15) is 5.60 Å². The van der Waals surface area contributed by atoms with Crippen molar-refractivity contribution >= 4 is 29.3 Å². The van der Waals surface area contributed by atoms with Crippen LogP contribution in [0.15, 0.2) is 18.2 Å². The Morgan fingerprint density at radius 1 is 1.14 bits per heavy atom. The number of likely N-dealkylation sites (tertiary alicyclic amines) is 1. The van der Waals surface area contributed by atoms with E-state index in [0.717, 1.165) is 18.4 Å². The quantitative estimate of drug-likeness (QED) is 0.716. The molecule has 2 rings (SSSR count). The van der Waals surface area contributed by atoms with Gasteiger partial charge in [-0.05, 0) is 63.3 Å². The number of amides is 1. The van der Waals surface area contributed by atoms with E-state index in [4.69, 9.17) is 27.9 Å². The molecule has 1 aliphatic heterocycles. The van der Waals surface area contributed by atoms with Crippen molar-refractivity contribution in [2.75, 3.05) is 13.1 Å². The van der Waals surface area contributed by atoms with Crippen LogP contribution in [0.1, 0.15) is 45.1 Å². The highest BCUT2D eigenvalue weighted by molar-refractivity contribution is 6.34. The fraction of sp³-hybridized carbons (Fsp3) is 0.562. The summed E-state index contributed by atoms with van der Waals surface area (Å²) in [5.41, 5.74) is 0.699. The van der Waals surface area contributed by atoms with E-state index in [1.807, 2.05) is 32.9 Å². The van der Waals surface area contributed by atoms with Crippen molar-refractivity contribution in [2.45, 2.75) is 45.1 Å². The van der Waals surface area contributed by atoms with Crippen molar-refractivity contribution in [1.82, 2.24) is 4.90 Å². The molecule has 0 bridgehead atoms. The third kappa shape index (κ3) is 4.79. The van der Waals surface area contributed by atoms with E-state index >= 15 is 0 Å². The summed E-state index contributed by atoms with van der Waals surface area (Å²) in [6.07, 6.45) is 1.57. The number of hydrogen-bond donors (Lipinski definition) is 0. The van der Waals surface area contributed by atoms with Gasteiger partial charge in [-0.3, -0.25) is 0 Å². The summed E-state index contributed by atoms with van der Waals surface area (Å²) in [5.74, 6) is 0.389. The highest BCUT2D eigenvalue weighted by atomic mass is 35.5. The normalized spacial score (nSPS) is 16.9. The van der Waals surface area contributed by atoms with Gasteiger partial charge >= 0.3 is 6.09 Å². The van der Waals surface area contributed by atoms with Crippen LogP contribution in [-0.2, 0) is 4.74 Å². The molecule has 1 aliphatic rings. The summed E-state index contributed by atoms with van der Waals surface area (Å²) >= 11 is 12.1. The molecule has 0 spiro atoms. The number of nitrogens with zero attached hydrogens (tertiary/aromatic N) is 1. The van der Waals surface area contributed by atoms with Crippen molar-refractivity contribution in [1.29, 1.82) is 0 Å². The first-order valence-electron chi connectivity index (χ1n) is 7.18. The molecule has 1 heterocycles. The lowest BCUT2D eigenvalue weighted by Gasteiger charge is -2.33. The Kier molecular flexibility index (Phi) is 5.05. The molecule has 0 unspecified atom stereocenters. The molecule has 1 amide bonds. The maximum absolute atomic E-state index is 12.0. The summed E-state index contributed by atoms with van der Waals surface area (Å²) in [4.78, 5) is 13.8. The maximum Gasteiger partial charge on any atom is 0.410 e. The molecule has 3 nitrogen and oxygen atoms in total. The average Bonchev–Trinajstić information content (AvgIpc) is 2.35. The molecule has 5 heteroatoms. The third-order valence-electron chi connectivity index (χ3n) is 3.50. The predicted molar refractivity (Wildman–Crippen MR) is 86.2 cm³/mol. The van der Waals surface area contributed by atoms with Crippen molar-refractivity contribution in [2.24, 2.45) is 0 Å². The monoisotopic (exact) mass is 329 g/mol. The SMILES string of the molecule is CC(C)(C)OC(=O)N1CCC(c2cc(Cl)cc(Cl)c2)CC1. The minimum absolute atomic E-state index is 0.231. The highest BCUT2D eigenvalue weighted by Gasteiger charge is 2.27. The van der Waals surface area contributed by atoms with E-state index in [1.165, 1.54) is 0 Å². The average molecular weight is 330 g/mol. The lowest BCUT2D eigenvalue weighted by molar-refractivity contribution is 0.0205. The van der Waals surface area contributed by atoms with E-state index in [-0.39, 0.29) is 6.09 Å². The number of rotatable bonds is 1. The zero-order valence-corrected chi connectivity index (χ0v) is 14.2. The van der Waals surface area contributed by atoms with Gasteiger partial charge in [0.25, 0.3) is 0 Å². The zero-order valence-electron chi connectivity index (χ0n) is 12.7. The second-order valence-corrected chi connectivity index (χ2v) is 7.32. The molecule has 0 N–H and O–H groups in total. The molecular formula is C16H21Cl2NO2. The van der Waals surface area contributed by atoms with Crippen LogP contribution in [0.5, 0.6) is 0 Å². The summed E-state index contributed by atoms with van der Waals surface area (Å²) in [6.45, 7) is 7.04. The number of piperidine rings is 1. The largest absolute Gasteiger partial charge is 0.444 e. The Morgan fingerprint density at radius 3 is 2.14 bits per heavy atom. The number of benzene rings is 1. The van der Waals surface area contributed by atoms with Gasteiger partial charge in [-0.25, -0.2) is 4.79 Å². The van der Waals surface area contributed by atoms with Crippen molar-refractivity contribution in [3.63, 3.8) is 0 Å². The highest BCUT2D eigenvalue weighted by Crippen LogP contribution is 2.32. The molecule has 0 saturated carbocycles. The van der Waals surface area contributed by atoms with E-state index in [2.05, 4.69) is 0 Å². The molecule has 0 aromatic heterocycles. The molecule has 1 aromatic carbocycles. The first kappa shape index (κ1) is 16.4. The smallest absolute Gasteiger partial charge is 0.410 e. The first-order chi connectivity index (χ1) is 9.74. The Labute approximate surface area is 136 Å². The van der Waals surface area contributed by atoms with Crippen LogP contribution in [0.3, 0.4) is 0 Å². The third-order valence-corrected chi connectivity index (χ3v) is 3.94. The Balaban J connectivity index is 1.95. The van der Waals surface area contributed by atoms with Crippen LogP contribution in [0.25, 0.3) is 0 Å². The van der Waals surface area contributed by atoms with Gasteiger partial charge in [0.15, 0.2) is 0 Å². The topological polar surface area (TPSA) is 29.5 Å². The molecule has 0 radical (unpaired) electrons. The lowest BCUT2D eigenvalue weighted by Crippen LogP contribution is -2.41. The lowest BCUT2D eigenvalue weighted by atomic mass is 9.89. The molecule has 1 saturated heterocycles. The summed E-state index contributed by atoms with van der Waals surface area (Å²) in [5, 5.41) is 1.32. The summed E-state index contributed by atoms with van der Waals surface area (Å²) < 4.78 is 5.40. The molecule has 1 fully saturated rings. The number of ether oxygens (including phenoxy) is 1. The van der Waals surface area contributed by atoms with Gasteiger partial charge in [0.05, 0.1) is 0 Å². The van der Waals surface area contributed by atoms with Gasteiger partial charge < -0.3 is 9.64 Å². The maximum atomic E-state index is 12.0. The number of carbonyl (C=O) groups is 1. The Hall–Kier alpha value is -0.930. The van der Waals surface area contributed by atoms with Crippen LogP contribution in [0, 0.1) is 0 Å². The fourth-order valence-corrected chi connectivity index (χ4v) is 3.08. The van der Waals surface area contributed by atoms with Gasteiger partial charge in [0.2, 0.25) is 0 Å². The minimum atomic E-state index is -0.450. The number of carbonyl (C=O) groups excluding carboxylic acids is 1. The van der Waals surface area contributed by atoms with Crippen LogP contribution in [0.2, 0.25) is 10.0 Å². The minimum Gasteiger partial charge on any atom is -0.444 e. The standard InChI is InChI=1S/C16H21Cl2NO2/c1-16(2,3)21-15(20)19-6-4-11(5-7-19)12-8-13(17)10-14(18)9-12/h8-11H,4-7H2,1-3H3. The molecular weight excluding hydrogens is 309 g/mol. The van der Waals surface area contributed by atoms with E-state index in [1.54, 1.807) is 11.0 Å². The van der Waals surface area contributed by atoms with Crippen molar-refractivity contribution in [3.05, 3.63) is 33.8 Å². The molecule has 0 atom stereocenters. The molecule has 0 aliphatic carbocycles. The van der Waals surface area contributed by atoms with E-state index in [0.29, 0.717) is 29.1 Å². The van der Waals surface area contributed by atoms with Crippen molar-refractivity contribution < 1.29 is 9.53 Å². The molecule has 1 aromatic rings. The van der Waals surface area contributed by atoms with E-state index < -0.39 is 5.60 Å². The predicted octanol–water partition coefficient (Wildman–Crippen LogP) is 5.11. The summed E-state index contributed by atoms with van der Waals surface area (Å²) in [6, 6.07) is 5.66. The number of hydrogen-bond acceptors (Lipinski definition) is 2. The van der Waals surface area contributed by atoms with Crippen LogP contribution < -0.4 is 0 Å². The fourth-order valence-electron chi connectivity index (χ4n) is 2.53. The first-order valence-corrected chi connectivity index (χ1v) is 7.94.